The summed E-state index contributed by atoms with van der Waals surface area (Å²) < 4.78 is 0. The minimum atomic E-state index is -0.389. The van der Waals surface area contributed by atoms with Crippen LogP contribution in [0.3, 0.4) is 0 Å². The molecule has 2 heterocycles. The van der Waals surface area contributed by atoms with Crippen molar-refractivity contribution in [1.82, 2.24) is 9.80 Å². The molecule has 122 valence electrons. The Bertz CT molecular complexity index is 609. The maximum absolute atomic E-state index is 12.6. The third kappa shape index (κ3) is 3.27. The summed E-state index contributed by atoms with van der Waals surface area (Å²) in [6.07, 6.45) is 1.55. The second-order valence-electron chi connectivity index (χ2n) is 6.24. The molecule has 2 aliphatic heterocycles. The van der Waals surface area contributed by atoms with E-state index in [0.717, 1.165) is 5.56 Å². The summed E-state index contributed by atoms with van der Waals surface area (Å²) in [6, 6.07) is 9.13. The van der Waals surface area contributed by atoms with E-state index in [1.54, 1.807) is 0 Å². The van der Waals surface area contributed by atoms with Crippen LogP contribution in [0.4, 0.5) is 0 Å². The van der Waals surface area contributed by atoms with Crippen LogP contribution in [0.15, 0.2) is 30.3 Å². The van der Waals surface area contributed by atoms with Crippen molar-refractivity contribution in [1.29, 1.82) is 0 Å². The number of likely N-dealkylation sites (tertiary alicyclic amines) is 2. The predicted octanol–water partition coefficient (Wildman–Crippen LogP) is 0.511. The Balaban J connectivity index is 1.64. The van der Waals surface area contributed by atoms with Gasteiger partial charge in [0.05, 0.1) is 19.0 Å². The zero-order valence-corrected chi connectivity index (χ0v) is 13.0. The topological polar surface area (TPSA) is 83.7 Å². The molecule has 3 rings (SSSR count). The lowest BCUT2D eigenvalue weighted by Gasteiger charge is -2.33. The molecule has 2 N–H and O–H groups in total. The molecular weight excluding hydrogens is 294 g/mol. The average Bonchev–Trinajstić information content (AvgIpc) is 2.84. The number of carbonyl (C=O) groups excluding carboxylic acids is 3. The third-order valence-electron chi connectivity index (χ3n) is 4.78. The summed E-state index contributed by atoms with van der Waals surface area (Å²) in [5.41, 5.74) is 6.28. The molecule has 0 spiro atoms. The molecule has 2 fully saturated rings. The van der Waals surface area contributed by atoms with Crippen molar-refractivity contribution in [2.24, 2.45) is 11.7 Å². The van der Waals surface area contributed by atoms with Gasteiger partial charge in [-0.1, -0.05) is 30.3 Å². The molecule has 6 nitrogen and oxygen atoms in total. The van der Waals surface area contributed by atoms with Gasteiger partial charge in [0, 0.05) is 5.92 Å². The normalized spacial score (nSPS) is 23.5. The van der Waals surface area contributed by atoms with Crippen molar-refractivity contribution in [2.75, 3.05) is 13.1 Å². The molecule has 1 aromatic rings. The molecule has 23 heavy (non-hydrogen) atoms. The van der Waals surface area contributed by atoms with Gasteiger partial charge in [-0.2, -0.15) is 0 Å². The largest absolute Gasteiger partial charge is 0.369 e. The summed E-state index contributed by atoms with van der Waals surface area (Å²) in [6.45, 7) is 1.60. The SMILES string of the molecule is NC(=O)C1CCN([C@@H]2CC(=O)N(Cc3ccccc3)C2=O)CC1. The van der Waals surface area contributed by atoms with E-state index in [-0.39, 0.29) is 36.1 Å². The number of amides is 3. The molecule has 1 aromatic carbocycles. The Hall–Kier alpha value is -2.21. The number of carbonyl (C=O) groups is 3. The van der Waals surface area contributed by atoms with Gasteiger partial charge in [-0.15, -0.1) is 0 Å². The van der Waals surface area contributed by atoms with Crippen molar-refractivity contribution in [3.05, 3.63) is 35.9 Å². The van der Waals surface area contributed by atoms with Crippen molar-refractivity contribution in [2.45, 2.75) is 31.8 Å². The highest BCUT2D eigenvalue weighted by Crippen LogP contribution is 2.25. The van der Waals surface area contributed by atoms with Crippen LogP contribution in [0.25, 0.3) is 0 Å². The Morgan fingerprint density at radius 3 is 2.39 bits per heavy atom. The molecule has 2 aliphatic rings. The van der Waals surface area contributed by atoms with Crippen LogP contribution in [0.2, 0.25) is 0 Å². The van der Waals surface area contributed by atoms with E-state index >= 15 is 0 Å². The number of hydrogen-bond acceptors (Lipinski definition) is 4. The highest BCUT2D eigenvalue weighted by Gasteiger charge is 2.42. The fraction of sp³-hybridized carbons (Fsp3) is 0.471. The maximum atomic E-state index is 12.6. The summed E-state index contributed by atoms with van der Waals surface area (Å²) in [4.78, 5) is 39.4. The van der Waals surface area contributed by atoms with E-state index in [4.69, 9.17) is 5.73 Å². The van der Waals surface area contributed by atoms with Gasteiger partial charge in [0.1, 0.15) is 0 Å². The lowest BCUT2D eigenvalue weighted by Crippen LogP contribution is -2.47. The van der Waals surface area contributed by atoms with E-state index in [1.165, 1.54) is 4.90 Å². The number of benzene rings is 1. The second kappa shape index (κ2) is 6.50. The Morgan fingerprint density at radius 2 is 1.78 bits per heavy atom. The first-order valence-corrected chi connectivity index (χ1v) is 7.98. The smallest absolute Gasteiger partial charge is 0.247 e. The zero-order chi connectivity index (χ0) is 16.4. The first-order valence-electron chi connectivity index (χ1n) is 7.98. The van der Waals surface area contributed by atoms with E-state index < -0.39 is 0 Å². The Labute approximate surface area is 135 Å². The summed E-state index contributed by atoms with van der Waals surface area (Å²) in [7, 11) is 0. The average molecular weight is 315 g/mol. The monoisotopic (exact) mass is 315 g/mol. The van der Waals surface area contributed by atoms with Crippen LogP contribution >= 0.6 is 0 Å². The zero-order valence-electron chi connectivity index (χ0n) is 13.0. The minimum Gasteiger partial charge on any atom is -0.369 e. The van der Waals surface area contributed by atoms with Crippen LogP contribution < -0.4 is 5.73 Å². The Morgan fingerprint density at radius 1 is 1.13 bits per heavy atom. The quantitative estimate of drug-likeness (QED) is 0.821. The van der Waals surface area contributed by atoms with Crippen molar-refractivity contribution >= 4 is 17.7 Å². The van der Waals surface area contributed by atoms with Gasteiger partial charge in [-0.25, -0.2) is 0 Å². The molecule has 3 amide bonds. The minimum absolute atomic E-state index is 0.112. The van der Waals surface area contributed by atoms with Gasteiger partial charge in [0.25, 0.3) is 0 Å². The molecule has 6 heteroatoms. The molecular formula is C17H21N3O3. The number of hydrogen-bond donors (Lipinski definition) is 1. The van der Waals surface area contributed by atoms with Gasteiger partial charge in [-0.05, 0) is 31.5 Å². The Kier molecular flexibility index (Phi) is 4.43. The molecule has 1 atom stereocenters. The van der Waals surface area contributed by atoms with Crippen LogP contribution in [0.5, 0.6) is 0 Å². The summed E-state index contributed by atoms with van der Waals surface area (Å²) >= 11 is 0. The van der Waals surface area contributed by atoms with Crippen LogP contribution in [0, 0.1) is 5.92 Å². The third-order valence-corrected chi connectivity index (χ3v) is 4.78. The van der Waals surface area contributed by atoms with Crippen molar-refractivity contribution in [3.63, 3.8) is 0 Å². The first kappa shape index (κ1) is 15.7. The van der Waals surface area contributed by atoms with Gasteiger partial charge < -0.3 is 5.73 Å². The molecule has 0 radical (unpaired) electrons. The van der Waals surface area contributed by atoms with Gasteiger partial charge in [0.2, 0.25) is 17.7 Å². The van der Waals surface area contributed by atoms with Crippen LogP contribution in [-0.4, -0.2) is 46.7 Å². The molecule has 0 saturated carbocycles. The van der Waals surface area contributed by atoms with Crippen LogP contribution in [-0.2, 0) is 20.9 Å². The molecule has 2 saturated heterocycles. The standard InChI is InChI=1S/C17H21N3O3/c18-16(22)13-6-8-19(9-7-13)14-10-15(21)20(17(14)23)11-12-4-2-1-3-5-12/h1-5,13-14H,6-11H2,(H2,18,22)/t14-/m1/s1. The van der Waals surface area contributed by atoms with Crippen molar-refractivity contribution in [3.8, 4) is 0 Å². The number of imide groups is 1. The molecule has 0 bridgehead atoms. The lowest BCUT2D eigenvalue weighted by molar-refractivity contribution is -0.140. The molecule has 0 aromatic heterocycles. The number of nitrogens with zero attached hydrogens (tertiary/aromatic N) is 2. The summed E-state index contributed by atoms with van der Waals surface area (Å²) in [5.74, 6) is -0.639. The van der Waals surface area contributed by atoms with E-state index in [0.29, 0.717) is 32.5 Å². The highest BCUT2D eigenvalue weighted by molar-refractivity contribution is 6.05. The van der Waals surface area contributed by atoms with E-state index in [2.05, 4.69) is 0 Å². The highest BCUT2D eigenvalue weighted by atomic mass is 16.2. The summed E-state index contributed by atoms with van der Waals surface area (Å²) in [5, 5.41) is 0. The van der Waals surface area contributed by atoms with E-state index in [9.17, 15) is 14.4 Å². The van der Waals surface area contributed by atoms with E-state index in [1.807, 2.05) is 35.2 Å². The predicted molar refractivity (Wildman–Crippen MR) is 83.9 cm³/mol. The molecule has 0 aliphatic carbocycles. The van der Waals surface area contributed by atoms with Gasteiger partial charge in [-0.3, -0.25) is 24.2 Å². The fourth-order valence-electron chi connectivity index (χ4n) is 3.38. The maximum Gasteiger partial charge on any atom is 0.247 e. The second-order valence-corrected chi connectivity index (χ2v) is 6.24. The first-order chi connectivity index (χ1) is 11.1. The number of rotatable bonds is 4. The lowest BCUT2D eigenvalue weighted by atomic mass is 9.95. The molecule has 0 unspecified atom stereocenters. The van der Waals surface area contributed by atoms with Gasteiger partial charge >= 0.3 is 0 Å². The van der Waals surface area contributed by atoms with Crippen LogP contribution in [0.1, 0.15) is 24.8 Å². The number of nitrogens with two attached hydrogens (primary N) is 1. The fourth-order valence-corrected chi connectivity index (χ4v) is 3.38. The van der Waals surface area contributed by atoms with Gasteiger partial charge in [0.15, 0.2) is 0 Å². The van der Waals surface area contributed by atoms with Crippen molar-refractivity contribution < 1.29 is 14.4 Å². The number of primary amides is 1. The number of piperidine rings is 1.